The Labute approximate surface area is 128 Å². The van der Waals surface area contributed by atoms with Crippen molar-refractivity contribution < 1.29 is 4.39 Å². The molecule has 2 aromatic rings. The molecule has 3 rings (SSSR count). The average molecular weight is 361 g/mol. The number of thiophene rings is 1. The van der Waals surface area contributed by atoms with E-state index in [0.29, 0.717) is 10.7 Å². The van der Waals surface area contributed by atoms with Gasteiger partial charge in [0.15, 0.2) is 0 Å². The second kappa shape index (κ2) is 5.43. The van der Waals surface area contributed by atoms with Crippen LogP contribution in [0.2, 0.25) is 5.02 Å². The molecular formula is C14H12BrClFNS. The van der Waals surface area contributed by atoms with Gasteiger partial charge >= 0.3 is 0 Å². The molecule has 0 aliphatic heterocycles. The van der Waals surface area contributed by atoms with Crippen molar-refractivity contribution in [1.82, 2.24) is 0 Å². The molecule has 100 valence electrons. The molecule has 1 atom stereocenters. The van der Waals surface area contributed by atoms with Gasteiger partial charge in [-0.15, -0.1) is 11.3 Å². The van der Waals surface area contributed by atoms with Gasteiger partial charge in [-0.05, 0) is 65.0 Å². The summed E-state index contributed by atoms with van der Waals surface area (Å²) in [6.45, 7) is 0. The van der Waals surface area contributed by atoms with Crippen LogP contribution in [0.5, 0.6) is 0 Å². The minimum absolute atomic E-state index is 0.214. The maximum atomic E-state index is 13.3. The smallest absolute Gasteiger partial charge is 0.125 e. The van der Waals surface area contributed by atoms with Gasteiger partial charge in [-0.25, -0.2) is 4.39 Å². The van der Waals surface area contributed by atoms with Gasteiger partial charge in [0.1, 0.15) is 5.82 Å². The second-order valence-corrected chi connectivity index (χ2v) is 7.57. The number of fused-ring (bicyclic) bond motifs is 1. The SMILES string of the molecule is Fc1ccc(Cl)c(NC2CCCc3sc(Br)cc32)c1. The van der Waals surface area contributed by atoms with E-state index in [1.807, 2.05) is 0 Å². The molecule has 0 bridgehead atoms. The second-order valence-electron chi connectivity index (χ2n) is 4.64. The number of halogens is 3. The predicted octanol–water partition coefficient (Wildman–Crippen LogP) is 5.79. The van der Waals surface area contributed by atoms with Crippen molar-refractivity contribution in [3.63, 3.8) is 0 Å². The minimum Gasteiger partial charge on any atom is -0.377 e. The molecule has 1 aromatic heterocycles. The van der Waals surface area contributed by atoms with Crippen molar-refractivity contribution in [3.05, 3.63) is 49.3 Å². The van der Waals surface area contributed by atoms with Gasteiger partial charge in [-0.2, -0.15) is 0 Å². The molecule has 1 heterocycles. The number of benzene rings is 1. The lowest BCUT2D eigenvalue weighted by Crippen LogP contribution is -2.15. The van der Waals surface area contributed by atoms with Crippen LogP contribution in [-0.2, 0) is 6.42 Å². The Bertz CT molecular complexity index is 613. The van der Waals surface area contributed by atoms with E-state index in [1.165, 1.54) is 22.6 Å². The van der Waals surface area contributed by atoms with Gasteiger partial charge in [-0.3, -0.25) is 0 Å². The highest BCUT2D eigenvalue weighted by atomic mass is 79.9. The standard InChI is InChI=1S/C14H12BrClFNS/c15-14-7-9-11(2-1-3-13(9)19-14)18-12-6-8(17)4-5-10(12)16/h4-7,11,18H,1-3H2. The summed E-state index contributed by atoms with van der Waals surface area (Å²) in [6, 6.07) is 6.79. The van der Waals surface area contributed by atoms with E-state index in [0.717, 1.165) is 23.0 Å². The fourth-order valence-corrected chi connectivity index (χ4v) is 4.46. The van der Waals surface area contributed by atoms with E-state index < -0.39 is 0 Å². The fourth-order valence-electron chi connectivity index (χ4n) is 2.47. The van der Waals surface area contributed by atoms with Gasteiger partial charge in [-0.1, -0.05) is 11.6 Å². The summed E-state index contributed by atoms with van der Waals surface area (Å²) < 4.78 is 14.4. The van der Waals surface area contributed by atoms with E-state index >= 15 is 0 Å². The molecule has 0 saturated heterocycles. The number of rotatable bonds is 2. The third-order valence-corrected chi connectivity index (χ3v) is 5.39. The Morgan fingerprint density at radius 1 is 1.37 bits per heavy atom. The number of anilines is 1. The van der Waals surface area contributed by atoms with Crippen molar-refractivity contribution in [3.8, 4) is 0 Å². The van der Waals surface area contributed by atoms with Gasteiger partial charge in [0.05, 0.1) is 20.5 Å². The molecule has 1 nitrogen and oxygen atoms in total. The van der Waals surface area contributed by atoms with Gasteiger partial charge in [0, 0.05) is 4.88 Å². The molecule has 5 heteroatoms. The Morgan fingerprint density at radius 2 is 2.21 bits per heavy atom. The number of aryl methyl sites for hydroxylation is 1. The first-order valence-corrected chi connectivity index (χ1v) is 8.12. The molecule has 0 radical (unpaired) electrons. The lowest BCUT2D eigenvalue weighted by atomic mass is 9.94. The molecule has 19 heavy (non-hydrogen) atoms. The maximum Gasteiger partial charge on any atom is 0.125 e. The molecule has 1 aliphatic carbocycles. The largest absolute Gasteiger partial charge is 0.377 e. The van der Waals surface area contributed by atoms with Crippen LogP contribution in [0, 0.1) is 5.82 Å². The van der Waals surface area contributed by atoms with Crippen LogP contribution in [-0.4, -0.2) is 0 Å². The molecule has 0 saturated carbocycles. The zero-order valence-corrected chi connectivity index (χ0v) is 13.2. The Hall–Kier alpha value is -0.580. The van der Waals surface area contributed by atoms with Crippen molar-refractivity contribution in [2.24, 2.45) is 0 Å². The molecule has 1 unspecified atom stereocenters. The zero-order valence-electron chi connectivity index (χ0n) is 10.1. The van der Waals surface area contributed by atoms with Gasteiger partial charge in [0.2, 0.25) is 0 Å². The third-order valence-electron chi connectivity index (χ3n) is 3.34. The Kier molecular flexibility index (Phi) is 3.83. The lowest BCUT2D eigenvalue weighted by Gasteiger charge is -2.25. The highest BCUT2D eigenvalue weighted by molar-refractivity contribution is 9.11. The van der Waals surface area contributed by atoms with E-state index in [4.69, 9.17) is 11.6 Å². The molecule has 1 aromatic carbocycles. The van der Waals surface area contributed by atoms with Crippen LogP contribution < -0.4 is 5.32 Å². The van der Waals surface area contributed by atoms with Crippen LogP contribution in [0.4, 0.5) is 10.1 Å². The highest BCUT2D eigenvalue weighted by Gasteiger charge is 2.23. The van der Waals surface area contributed by atoms with Crippen LogP contribution in [0.25, 0.3) is 0 Å². The molecule has 1 N–H and O–H groups in total. The lowest BCUT2D eigenvalue weighted by molar-refractivity contribution is 0.605. The van der Waals surface area contributed by atoms with Crippen LogP contribution in [0.15, 0.2) is 28.1 Å². The van der Waals surface area contributed by atoms with Crippen molar-refractivity contribution in [2.75, 3.05) is 5.32 Å². The zero-order chi connectivity index (χ0) is 13.4. The number of nitrogens with one attached hydrogen (secondary N) is 1. The van der Waals surface area contributed by atoms with Crippen molar-refractivity contribution in [1.29, 1.82) is 0 Å². The quantitative estimate of drug-likeness (QED) is 0.714. The van der Waals surface area contributed by atoms with E-state index in [1.54, 1.807) is 17.4 Å². The van der Waals surface area contributed by atoms with Crippen LogP contribution in [0.1, 0.15) is 29.3 Å². The average Bonchev–Trinajstić information content (AvgIpc) is 2.75. The first kappa shape index (κ1) is 13.4. The summed E-state index contributed by atoms with van der Waals surface area (Å²) in [5, 5.41) is 3.93. The Balaban J connectivity index is 1.90. The predicted molar refractivity (Wildman–Crippen MR) is 82.7 cm³/mol. The third kappa shape index (κ3) is 2.81. The van der Waals surface area contributed by atoms with E-state index in [2.05, 4.69) is 27.3 Å². The number of hydrogen-bond acceptors (Lipinski definition) is 2. The molecule has 0 fully saturated rings. The summed E-state index contributed by atoms with van der Waals surface area (Å²) in [4.78, 5) is 1.41. The number of hydrogen-bond donors (Lipinski definition) is 1. The first-order chi connectivity index (χ1) is 9.13. The van der Waals surface area contributed by atoms with E-state index in [9.17, 15) is 4.39 Å². The van der Waals surface area contributed by atoms with Crippen LogP contribution in [0.3, 0.4) is 0 Å². The highest BCUT2D eigenvalue weighted by Crippen LogP contribution is 2.40. The van der Waals surface area contributed by atoms with Crippen LogP contribution >= 0.6 is 38.9 Å². The summed E-state index contributed by atoms with van der Waals surface area (Å²) in [5.41, 5.74) is 1.98. The Morgan fingerprint density at radius 3 is 3.05 bits per heavy atom. The van der Waals surface area contributed by atoms with Crippen molar-refractivity contribution >= 4 is 44.6 Å². The summed E-state index contributed by atoms with van der Waals surface area (Å²) >= 11 is 11.4. The minimum atomic E-state index is -0.269. The first-order valence-electron chi connectivity index (χ1n) is 6.13. The molecule has 0 amide bonds. The fraction of sp³-hybridized carbons (Fsp3) is 0.286. The summed E-state index contributed by atoms with van der Waals surface area (Å²) in [7, 11) is 0. The normalized spacial score (nSPS) is 18.2. The summed E-state index contributed by atoms with van der Waals surface area (Å²) in [5.74, 6) is -0.269. The van der Waals surface area contributed by atoms with Crippen molar-refractivity contribution in [2.45, 2.75) is 25.3 Å². The molecule has 1 aliphatic rings. The molecular weight excluding hydrogens is 349 g/mol. The van der Waals surface area contributed by atoms with Gasteiger partial charge < -0.3 is 5.32 Å². The summed E-state index contributed by atoms with van der Waals surface area (Å²) in [6.07, 6.45) is 3.31. The maximum absolute atomic E-state index is 13.3. The molecule has 0 spiro atoms. The monoisotopic (exact) mass is 359 g/mol. The van der Waals surface area contributed by atoms with Gasteiger partial charge in [0.25, 0.3) is 0 Å². The van der Waals surface area contributed by atoms with E-state index in [-0.39, 0.29) is 11.9 Å². The topological polar surface area (TPSA) is 12.0 Å².